The van der Waals surface area contributed by atoms with E-state index in [-0.39, 0.29) is 17.4 Å². The number of amides is 2. The Kier molecular flexibility index (Phi) is 5.44. The van der Waals surface area contributed by atoms with E-state index in [1.807, 2.05) is 0 Å². The van der Waals surface area contributed by atoms with Crippen molar-refractivity contribution in [2.24, 2.45) is 5.73 Å². The highest BCUT2D eigenvalue weighted by molar-refractivity contribution is 5.92. The van der Waals surface area contributed by atoms with Crippen molar-refractivity contribution >= 4 is 24.0 Å². The highest BCUT2D eigenvalue weighted by atomic mass is 16.5. The van der Waals surface area contributed by atoms with E-state index in [1.165, 1.54) is 6.20 Å². The zero-order valence-corrected chi connectivity index (χ0v) is 16.4. The highest BCUT2D eigenvalue weighted by Crippen LogP contribution is 2.40. The summed E-state index contributed by atoms with van der Waals surface area (Å²) in [5, 5.41) is 9.46. The predicted molar refractivity (Wildman–Crippen MR) is 107 cm³/mol. The Balaban J connectivity index is 1.79. The molecule has 2 aliphatic heterocycles. The lowest BCUT2D eigenvalue weighted by molar-refractivity contribution is 0.0678. The van der Waals surface area contributed by atoms with E-state index in [0.29, 0.717) is 56.3 Å². The molecule has 2 atom stereocenters. The van der Waals surface area contributed by atoms with Crippen molar-refractivity contribution < 1.29 is 19.1 Å². The SMILES string of the molecule is N#Cc1cnc([N+]2(C(N)=O)CCCc3ccc(C=O)nc32)cc1OCC1CCCO1. The van der Waals surface area contributed by atoms with E-state index in [9.17, 15) is 14.9 Å². The molecular weight excluding hydrogens is 386 g/mol. The summed E-state index contributed by atoms with van der Waals surface area (Å²) in [6, 6.07) is 6.39. The molecule has 2 amide bonds. The number of nitriles is 1. The number of urea groups is 1. The largest absolute Gasteiger partial charge is 0.489 e. The summed E-state index contributed by atoms with van der Waals surface area (Å²) in [7, 11) is 0. The Morgan fingerprint density at radius 2 is 2.30 bits per heavy atom. The standard InChI is InChI=1S/C21H21N5O4/c22-10-15-11-24-19(9-18(15)30-13-17-4-2-8-29-17)26(21(23)28)7-1-3-14-5-6-16(12-27)25-20(14)26/h5-6,9,11-12,17H,1-4,7-8,13H2,(H-,23,28)/p+1. The number of pyridine rings is 2. The van der Waals surface area contributed by atoms with Crippen molar-refractivity contribution in [2.75, 3.05) is 19.8 Å². The van der Waals surface area contributed by atoms with Gasteiger partial charge in [0.05, 0.1) is 18.4 Å². The predicted octanol–water partition coefficient (Wildman–Crippen LogP) is 2.38. The van der Waals surface area contributed by atoms with Crippen LogP contribution in [0, 0.1) is 11.3 Å². The number of ether oxygens (including phenoxy) is 2. The van der Waals surface area contributed by atoms with Crippen LogP contribution in [0.25, 0.3) is 0 Å². The van der Waals surface area contributed by atoms with Gasteiger partial charge >= 0.3 is 6.03 Å². The Morgan fingerprint density at radius 1 is 1.43 bits per heavy atom. The van der Waals surface area contributed by atoms with Gasteiger partial charge in [0.2, 0.25) is 11.6 Å². The van der Waals surface area contributed by atoms with Gasteiger partial charge in [0, 0.05) is 18.6 Å². The molecule has 4 rings (SSSR count). The van der Waals surface area contributed by atoms with Gasteiger partial charge in [-0.1, -0.05) is 0 Å². The number of nitrogens with two attached hydrogens (primary N) is 1. The van der Waals surface area contributed by atoms with Crippen LogP contribution in [0.3, 0.4) is 0 Å². The number of aryl methyl sites for hydroxylation is 1. The first-order chi connectivity index (χ1) is 14.6. The smallest absolute Gasteiger partial charge is 0.426 e. The van der Waals surface area contributed by atoms with Crippen LogP contribution in [0.2, 0.25) is 0 Å². The van der Waals surface area contributed by atoms with Crippen molar-refractivity contribution in [3.63, 3.8) is 0 Å². The molecule has 2 N–H and O–H groups in total. The minimum atomic E-state index is -0.659. The summed E-state index contributed by atoms with van der Waals surface area (Å²) in [5.74, 6) is 1.01. The van der Waals surface area contributed by atoms with Gasteiger partial charge in [-0.25, -0.2) is 9.78 Å². The number of primary amides is 1. The maximum absolute atomic E-state index is 12.8. The van der Waals surface area contributed by atoms with Crippen molar-refractivity contribution in [1.82, 2.24) is 14.5 Å². The summed E-state index contributed by atoms with van der Waals surface area (Å²) >= 11 is 0. The Morgan fingerprint density at radius 3 is 3.00 bits per heavy atom. The number of aldehydes is 1. The first-order valence-electron chi connectivity index (χ1n) is 9.87. The fourth-order valence-electron chi connectivity index (χ4n) is 4.04. The molecule has 2 aromatic heterocycles. The average Bonchev–Trinajstić information content (AvgIpc) is 3.30. The molecule has 0 bridgehead atoms. The molecule has 2 aromatic rings. The van der Waals surface area contributed by atoms with E-state index in [0.717, 1.165) is 18.4 Å². The second-order valence-electron chi connectivity index (χ2n) is 7.41. The maximum atomic E-state index is 12.8. The molecule has 30 heavy (non-hydrogen) atoms. The van der Waals surface area contributed by atoms with Crippen LogP contribution in [0.5, 0.6) is 5.75 Å². The van der Waals surface area contributed by atoms with Crippen LogP contribution in [0.1, 0.15) is 40.9 Å². The number of hydrogen-bond donors (Lipinski definition) is 1. The van der Waals surface area contributed by atoms with E-state index in [4.69, 9.17) is 15.2 Å². The number of nitrogens with zero attached hydrogens (tertiary/aromatic N) is 4. The topological polar surface area (TPSA) is 128 Å². The molecule has 9 heteroatoms. The maximum Gasteiger partial charge on any atom is 0.426 e. The number of carbonyl (C=O) groups excluding carboxylic acids is 2. The second kappa shape index (κ2) is 8.18. The molecule has 1 saturated heterocycles. The summed E-state index contributed by atoms with van der Waals surface area (Å²) in [6.07, 6.45) is 5.25. The molecule has 0 radical (unpaired) electrons. The lowest BCUT2D eigenvalue weighted by Crippen LogP contribution is -2.56. The summed E-state index contributed by atoms with van der Waals surface area (Å²) in [4.78, 5) is 32.8. The summed E-state index contributed by atoms with van der Waals surface area (Å²) in [5.41, 5.74) is 7.17. The molecule has 154 valence electrons. The molecule has 4 heterocycles. The first-order valence-corrected chi connectivity index (χ1v) is 9.87. The third kappa shape index (κ3) is 3.40. The van der Waals surface area contributed by atoms with Crippen LogP contribution in [0.4, 0.5) is 16.4 Å². The normalized spacial score (nSPS) is 22.7. The summed E-state index contributed by atoms with van der Waals surface area (Å²) in [6.45, 7) is 1.35. The van der Waals surface area contributed by atoms with E-state index in [2.05, 4.69) is 16.0 Å². The van der Waals surface area contributed by atoms with Gasteiger partial charge in [-0.2, -0.15) is 10.2 Å². The average molecular weight is 408 g/mol. The Hall–Kier alpha value is -3.35. The van der Waals surface area contributed by atoms with Gasteiger partial charge in [-0.05, 0) is 31.4 Å². The zero-order valence-electron chi connectivity index (χ0n) is 16.4. The minimum Gasteiger partial charge on any atom is -0.489 e. The molecule has 0 saturated carbocycles. The van der Waals surface area contributed by atoms with Gasteiger partial charge < -0.3 is 15.2 Å². The fraction of sp³-hybridized carbons (Fsp3) is 0.381. The van der Waals surface area contributed by atoms with Crippen LogP contribution in [-0.2, 0) is 11.2 Å². The van der Waals surface area contributed by atoms with Gasteiger partial charge in [0.1, 0.15) is 36.2 Å². The number of carbonyl (C=O) groups is 2. The molecule has 0 aliphatic carbocycles. The highest BCUT2D eigenvalue weighted by Gasteiger charge is 2.47. The first kappa shape index (κ1) is 19.9. The third-order valence-corrected chi connectivity index (χ3v) is 5.59. The fourth-order valence-corrected chi connectivity index (χ4v) is 4.04. The van der Waals surface area contributed by atoms with Gasteiger partial charge in [-0.15, -0.1) is 4.48 Å². The van der Waals surface area contributed by atoms with Crippen molar-refractivity contribution in [2.45, 2.75) is 31.8 Å². The number of quaternary nitrogens is 1. The van der Waals surface area contributed by atoms with Crippen LogP contribution in [-0.4, -0.2) is 48.1 Å². The Bertz CT molecular complexity index is 1030. The minimum absolute atomic E-state index is 0.0278. The molecule has 1 fully saturated rings. The lowest BCUT2D eigenvalue weighted by Gasteiger charge is -2.35. The quantitative estimate of drug-likeness (QED) is 0.594. The Labute approximate surface area is 173 Å². The number of fused-ring (bicyclic) bond motifs is 1. The number of hydrogen-bond acceptors (Lipinski definition) is 7. The number of rotatable bonds is 5. The van der Waals surface area contributed by atoms with E-state index < -0.39 is 10.5 Å². The monoisotopic (exact) mass is 408 g/mol. The molecular formula is C21H22N5O4+. The van der Waals surface area contributed by atoms with Crippen molar-refractivity contribution in [3.05, 3.63) is 41.2 Å². The molecule has 9 nitrogen and oxygen atoms in total. The van der Waals surface area contributed by atoms with Crippen LogP contribution in [0.15, 0.2) is 24.4 Å². The van der Waals surface area contributed by atoms with Crippen molar-refractivity contribution in [3.8, 4) is 11.8 Å². The van der Waals surface area contributed by atoms with Crippen molar-refractivity contribution in [1.29, 1.82) is 5.26 Å². The lowest BCUT2D eigenvalue weighted by atomic mass is 10.0. The van der Waals surface area contributed by atoms with E-state index >= 15 is 0 Å². The third-order valence-electron chi connectivity index (χ3n) is 5.59. The molecule has 0 spiro atoms. The second-order valence-corrected chi connectivity index (χ2v) is 7.41. The van der Waals surface area contributed by atoms with Gasteiger partial charge in [-0.3, -0.25) is 4.79 Å². The van der Waals surface area contributed by atoms with E-state index in [1.54, 1.807) is 18.2 Å². The zero-order chi connectivity index (χ0) is 21.1. The number of aromatic nitrogens is 2. The summed E-state index contributed by atoms with van der Waals surface area (Å²) < 4.78 is 11.0. The molecule has 0 aromatic carbocycles. The van der Waals surface area contributed by atoms with Gasteiger partial charge in [0.25, 0.3) is 0 Å². The van der Waals surface area contributed by atoms with Crippen LogP contribution >= 0.6 is 0 Å². The van der Waals surface area contributed by atoms with Gasteiger partial charge in [0.15, 0.2) is 6.29 Å². The molecule has 2 unspecified atom stereocenters. The van der Waals surface area contributed by atoms with Crippen LogP contribution < -0.4 is 15.0 Å². The molecule has 2 aliphatic rings.